The van der Waals surface area contributed by atoms with Gasteiger partial charge in [-0.15, -0.1) is 0 Å². The largest absolute Gasteiger partial charge is 0.497 e. The van der Waals surface area contributed by atoms with E-state index in [0.717, 1.165) is 16.9 Å². The first-order valence-corrected chi connectivity index (χ1v) is 8.81. The molecule has 2 N–H and O–H groups in total. The number of aromatic nitrogens is 1. The van der Waals surface area contributed by atoms with Gasteiger partial charge in [0.25, 0.3) is 0 Å². The summed E-state index contributed by atoms with van der Waals surface area (Å²) in [6.45, 7) is 2.33. The summed E-state index contributed by atoms with van der Waals surface area (Å²) in [7, 11) is 3.61. The number of rotatable bonds is 6. The minimum atomic E-state index is -0.0587. The average molecular weight is 354 g/mol. The van der Waals surface area contributed by atoms with Crippen LogP contribution in [-0.2, 0) is 11.3 Å². The van der Waals surface area contributed by atoms with Crippen LogP contribution in [0.1, 0.15) is 17.0 Å². The number of benzene rings is 1. The Kier molecular flexibility index (Phi) is 5.85. The second kappa shape index (κ2) is 8.29. The number of ether oxygens (including phenoxy) is 1. The summed E-state index contributed by atoms with van der Waals surface area (Å²) < 4.78 is 5.30. The maximum Gasteiger partial charge on any atom is 0.236 e. The Morgan fingerprint density at radius 1 is 1.31 bits per heavy atom. The molecule has 1 amide bonds. The van der Waals surface area contributed by atoms with E-state index >= 15 is 0 Å². The van der Waals surface area contributed by atoms with Gasteiger partial charge in [-0.05, 0) is 42.4 Å². The first kappa shape index (κ1) is 18.4. The molecule has 6 nitrogen and oxygen atoms in total. The smallest absolute Gasteiger partial charge is 0.236 e. The van der Waals surface area contributed by atoms with Gasteiger partial charge in [0, 0.05) is 44.0 Å². The van der Waals surface area contributed by atoms with Crippen LogP contribution >= 0.6 is 0 Å². The lowest BCUT2D eigenvalue weighted by Crippen LogP contribution is -2.38. The van der Waals surface area contributed by atoms with Gasteiger partial charge in [0.15, 0.2) is 0 Å². The zero-order valence-corrected chi connectivity index (χ0v) is 15.3. The molecule has 0 bridgehead atoms. The number of likely N-dealkylation sites (N-methyl/N-ethyl adjacent to an activating group) is 1. The fourth-order valence-electron chi connectivity index (χ4n) is 3.44. The summed E-state index contributed by atoms with van der Waals surface area (Å²) in [6, 6.07) is 11.8. The van der Waals surface area contributed by atoms with E-state index in [0.29, 0.717) is 26.2 Å². The summed E-state index contributed by atoms with van der Waals surface area (Å²) >= 11 is 0. The minimum Gasteiger partial charge on any atom is -0.497 e. The van der Waals surface area contributed by atoms with Crippen LogP contribution in [0.15, 0.2) is 48.8 Å². The lowest BCUT2D eigenvalue weighted by atomic mass is 9.95. The van der Waals surface area contributed by atoms with Crippen molar-refractivity contribution in [2.75, 3.05) is 33.8 Å². The zero-order chi connectivity index (χ0) is 18.5. The van der Waals surface area contributed by atoms with E-state index in [-0.39, 0.29) is 17.9 Å². The van der Waals surface area contributed by atoms with E-state index in [9.17, 15) is 4.79 Å². The number of nitrogens with two attached hydrogens (primary N) is 1. The number of carbonyl (C=O) groups excluding carboxylic acids is 1. The Balaban J connectivity index is 1.59. The van der Waals surface area contributed by atoms with Crippen molar-refractivity contribution in [2.45, 2.75) is 18.5 Å². The SMILES string of the molecule is COc1cccc(C2CN(C(=O)CN(C)Cc3ccncc3)CC2N)c1. The number of amides is 1. The highest BCUT2D eigenvalue weighted by Gasteiger charge is 2.34. The topological polar surface area (TPSA) is 71.7 Å². The molecule has 0 spiro atoms. The van der Waals surface area contributed by atoms with E-state index < -0.39 is 0 Å². The molecule has 0 aliphatic carbocycles. The zero-order valence-electron chi connectivity index (χ0n) is 15.3. The number of carbonyl (C=O) groups is 1. The monoisotopic (exact) mass is 354 g/mol. The summed E-state index contributed by atoms with van der Waals surface area (Å²) in [5, 5.41) is 0. The predicted molar refractivity (Wildman–Crippen MR) is 101 cm³/mol. The van der Waals surface area contributed by atoms with Gasteiger partial charge < -0.3 is 15.4 Å². The highest BCUT2D eigenvalue weighted by Crippen LogP contribution is 2.28. The fourth-order valence-corrected chi connectivity index (χ4v) is 3.44. The molecule has 2 unspecified atom stereocenters. The van der Waals surface area contributed by atoms with Gasteiger partial charge in [0.05, 0.1) is 13.7 Å². The Morgan fingerprint density at radius 2 is 2.08 bits per heavy atom. The van der Waals surface area contributed by atoms with Crippen molar-refractivity contribution in [3.8, 4) is 5.75 Å². The van der Waals surface area contributed by atoms with E-state index in [1.807, 2.05) is 47.2 Å². The van der Waals surface area contributed by atoms with Crippen LogP contribution in [0.3, 0.4) is 0 Å². The first-order chi connectivity index (χ1) is 12.6. The lowest BCUT2D eigenvalue weighted by Gasteiger charge is -2.21. The summed E-state index contributed by atoms with van der Waals surface area (Å²) in [4.78, 5) is 20.6. The highest BCUT2D eigenvalue weighted by atomic mass is 16.5. The van der Waals surface area contributed by atoms with Crippen LogP contribution in [-0.4, -0.2) is 60.5 Å². The highest BCUT2D eigenvalue weighted by molar-refractivity contribution is 5.78. The second-order valence-corrected chi connectivity index (χ2v) is 6.87. The number of pyridine rings is 1. The molecular formula is C20H26N4O2. The molecular weight excluding hydrogens is 328 g/mol. The Hall–Kier alpha value is -2.44. The van der Waals surface area contributed by atoms with Crippen molar-refractivity contribution in [3.63, 3.8) is 0 Å². The summed E-state index contributed by atoms with van der Waals surface area (Å²) in [5.74, 6) is 1.07. The van der Waals surface area contributed by atoms with Crippen LogP contribution < -0.4 is 10.5 Å². The van der Waals surface area contributed by atoms with Crippen molar-refractivity contribution in [2.24, 2.45) is 5.73 Å². The Bertz CT molecular complexity index is 738. The van der Waals surface area contributed by atoms with Crippen LogP contribution in [0.2, 0.25) is 0 Å². The molecule has 2 atom stereocenters. The van der Waals surface area contributed by atoms with Crippen LogP contribution in [0.25, 0.3) is 0 Å². The maximum absolute atomic E-state index is 12.7. The molecule has 2 aromatic rings. The quantitative estimate of drug-likeness (QED) is 0.851. The van der Waals surface area contributed by atoms with Crippen molar-refractivity contribution in [1.29, 1.82) is 0 Å². The fraction of sp³-hybridized carbons (Fsp3) is 0.400. The van der Waals surface area contributed by atoms with E-state index in [2.05, 4.69) is 11.1 Å². The molecule has 1 aromatic carbocycles. The first-order valence-electron chi connectivity index (χ1n) is 8.81. The van der Waals surface area contributed by atoms with Gasteiger partial charge >= 0.3 is 0 Å². The van der Waals surface area contributed by atoms with E-state index in [1.165, 1.54) is 0 Å². The van der Waals surface area contributed by atoms with Gasteiger partial charge in [0.1, 0.15) is 5.75 Å². The average Bonchev–Trinajstić information content (AvgIpc) is 3.04. The third-order valence-electron chi connectivity index (χ3n) is 4.85. The minimum absolute atomic E-state index is 0.0587. The Morgan fingerprint density at radius 3 is 2.81 bits per heavy atom. The number of likely N-dealkylation sites (tertiary alicyclic amines) is 1. The molecule has 1 aromatic heterocycles. The van der Waals surface area contributed by atoms with E-state index in [4.69, 9.17) is 10.5 Å². The van der Waals surface area contributed by atoms with E-state index in [1.54, 1.807) is 19.5 Å². The molecule has 1 aliphatic rings. The van der Waals surface area contributed by atoms with Crippen LogP contribution in [0.4, 0.5) is 0 Å². The van der Waals surface area contributed by atoms with Crippen molar-refractivity contribution in [1.82, 2.24) is 14.8 Å². The predicted octanol–water partition coefficient (Wildman–Crippen LogP) is 1.48. The van der Waals surface area contributed by atoms with Crippen LogP contribution in [0.5, 0.6) is 5.75 Å². The summed E-state index contributed by atoms with van der Waals surface area (Å²) in [5.41, 5.74) is 8.59. The normalized spacial score (nSPS) is 19.8. The second-order valence-electron chi connectivity index (χ2n) is 6.87. The van der Waals surface area contributed by atoms with Crippen LogP contribution in [0, 0.1) is 0 Å². The standard InChI is InChI=1S/C20H26N4O2/c1-23(11-15-6-8-22-9-7-15)14-20(25)24-12-18(19(21)13-24)16-4-3-5-17(10-16)26-2/h3-10,18-19H,11-14,21H2,1-2H3. The molecule has 2 heterocycles. The van der Waals surface area contributed by atoms with Crippen molar-refractivity contribution in [3.05, 3.63) is 59.9 Å². The van der Waals surface area contributed by atoms with Gasteiger partial charge in [-0.25, -0.2) is 0 Å². The molecule has 1 saturated heterocycles. The van der Waals surface area contributed by atoms with Gasteiger partial charge in [0.2, 0.25) is 5.91 Å². The molecule has 6 heteroatoms. The van der Waals surface area contributed by atoms with Gasteiger partial charge in [-0.2, -0.15) is 0 Å². The summed E-state index contributed by atoms with van der Waals surface area (Å²) in [6.07, 6.45) is 3.53. The number of hydrogen-bond acceptors (Lipinski definition) is 5. The maximum atomic E-state index is 12.7. The lowest BCUT2D eigenvalue weighted by molar-refractivity contribution is -0.131. The molecule has 1 fully saturated rings. The molecule has 1 aliphatic heterocycles. The number of hydrogen-bond donors (Lipinski definition) is 1. The van der Waals surface area contributed by atoms with Gasteiger partial charge in [-0.3, -0.25) is 14.7 Å². The third kappa shape index (κ3) is 4.39. The number of methoxy groups -OCH3 is 1. The molecule has 0 saturated carbocycles. The molecule has 3 rings (SSSR count). The molecule has 0 radical (unpaired) electrons. The third-order valence-corrected chi connectivity index (χ3v) is 4.85. The van der Waals surface area contributed by atoms with Crippen molar-refractivity contribution >= 4 is 5.91 Å². The molecule has 138 valence electrons. The number of nitrogens with zero attached hydrogens (tertiary/aromatic N) is 3. The van der Waals surface area contributed by atoms with Crippen molar-refractivity contribution < 1.29 is 9.53 Å². The van der Waals surface area contributed by atoms with Gasteiger partial charge in [-0.1, -0.05) is 12.1 Å². The molecule has 26 heavy (non-hydrogen) atoms. The Labute approximate surface area is 154 Å².